The van der Waals surface area contributed by atoms with Crippen molar-refractivity contribution in [3.8, 4) is 0 Å². The van der Waals surface area contributed by atoms with Gasteiger partial charge >= 0.3 is 0 Å². The van der Waals surface area contributed by atoms with E-state index in [2.05, 4.69) is 121 Å². The molecule has 8 aromatic rings. The summed E-state index contributed by atoms with van der Waals surface area (Å²) in [5.41, 5.74) is 2.96. The van der Waals surface area contributed by atoms with Crippen molar-refractivity contribution in [2.24, 2.45) is 0 Å². The molecule has 192 valence electrons. The zero-order chi connectivity index (χ0) is 26.5. The van der Waals surface area contributed by atoms with Crippen LogP contribution in [0.25, 0.3) is 64.6 Å². The molecule has 0 aliphatic carbocycles. The summed E-state index contributed by atoms with van der Waals surface area (Å²) < 4.78 is 0. The van der Waals surface area contributed by atoms with E-state index in [1.54, 1.807) is 0 Å². The molecule has 0 aliphatic rings. The van der Waals surface area contributed by atoms with Crippen molar-refractivity contribution >= 4 is 64.6 Å². The van der Waals surface area contributed by atoms with Gasteiger partial charge < -0.3 is 0 Å². The van der Waals surface area contributed by atoms with Crippen molar-refractivity contribution in [3.63, 3.8) is 0 Å². The number of aryl methyl sites for hydroxylation is 2. The molecule has 0 aromatic heterocycles. The van der Waals surface area contributed by atoms with E-state index >= 15 is 0 Å². The number of unbranched alkanes of at least 4 members (excludes halogenated alkanes) is 2. The van der Waals surface area contributed by atoms with Gasteiger partial charge in [-0.05, 0) is 114 Å². The topological polar surface area (TPSA) is 0 Å². The molecule has 40 heavy (non-hydrogen) atoms. The number of hydrogen-bond donors (Lipinski definition) is 0. The third kappa shape index (κ3) is 3.82. The minimum absolute atomic E-state index is 1.13. The number of allylic oxidation sites excluding steroid dienone is 2. The van der Waals surface area contributed by atoms with Crippen LogP contribution in [0.5, 0.6) is 0 Å². The summed E-state index contributed by atoms with van der Waals surface area (Å²) in [6.45, 7) is 0. The van der Waals surface area contributed by atoms with Crippen molar-refractivity contribution in [3.05, 3.63) is 132 Å². The molecule has 0 N–H and O–H groups in total. The largest absolute Gasteiger partial charge is 0.0885 e. The second-order valence-corrected chi connectivity index (χ2v) is 11.4. The monoisotopic (exact) mass is 512 g/mol. The van der Waals surface area contributed by atoms with Crippen molar-refractivity contribution in [2.75, 3.05) is 0 Å². The average molecular weight is 513 g/mol. The molecule has 8 rings (SSSR count). The smallest absolute Gasteiger partial charge is 0.00240 e. The highest BCUT2D eigenvalue weighted by atomic mass is 14.2. The summed E-state index contributed by atoms with van der Waals surface area (Å²) in [4.78, 5) is 0. The highest BCUT2D eigenvalue weighted by Crippen LogP contribution is 2.37. The van der Waals surface area contributed by atoms with E-state index in [0.717, 1.165) is 25.7 Å². The van der Waals surface area contributed by atoms with Gasteiger partial charge in [-0.1, -0.05) is 121 Å². The fraction of sp³-hybridized carbons (Fsp3) is 0.150. The van der Waals surface area contributed by atoms with Gasteiger partial charge in [-0.25, -0.2) is 0 Å². The Bertz CT molecular complexity index is 1970. The van der Waals surface area contributed by atoms with Crippen molar-refractivity contribution < 1.29 is 0 Å². The third-order valence-electron chi connectivity index (χ3n) is 9.04. The lowest BCUT2D eigenvalue weighted by molar-refractivity contribution is 0.823. The second-order valence-electron chi connectivity index (χ2n) is 11.4. The number of hydrogen-bond acceptors (Lipinski definition) is 0. The van der Waals surface area contributed by atoms with Crippen molar-refractivity contribution in [1.82, 2.24) is 0 Å². The quantitative estimate of drug-likeness (QED) is 0.108. The summed E-state index contributed by atoms with van der Waals surface area (Å²) >= 11 is 0. The number of rotatable bonds is 8. The van der Waals surface area contributed by atoms with Crippen molar-refractivity contribution in [1.29, 1.82) is 0 Å². The Hall–Kier alpha value is -4.42. The Morgan fingerprint density at radius 1 is 0.350 bits per heavy atom. The zero-order valence-corrected chi connectivity index (χ0v) is 22.8. The maximum absolute atomic E-state index is 2.40. The molecule has 0 fully saturated rings. The Balaban J connectivity index is 0.920. The summed E-state index contributed by atoms with van der Waals surface area (Å²) in [6.07, 6.45) is 11.7. The maximum atomic E-state index is 2.40. The van der Waals surface area contributed by atoms with E-state index in [1.807, 2.05) is 0 Å². The summed E-state index contributed by atoms with van der Waals surface area (Å²) in [7, 11) is 0. The lowest BCUT2D eigenvalue weighted by Crippen LogP contribution is -1.91. The van der Waals surface area contributed by atoms with E-state index in [0.29, 0.717) is 0 Å². The Kier molecular flexibility index (Phi) is 5.66. The van der Waals surface area contributed by atoms with Crippen LogP contribution in [-0.4, -0.2) is 0 Å². The average Bonchev–Trinajstić information content (AvgIpc) is 3.01. The molecule has 0 heteroatoms. The Morgan fingerprint density at radius 3 is 1.12 bits per heavy atom. The van der Waals surface area contributed by atoms with Crippen LogP contribution in [0.15, 0.2) is 121 Å². The standard InChI is InChI=1S/C40H32/c1(3-5-9-27-15-17-33-21-19-29-11-7-13-31-23-25-35(27)39(33)37(29)31)2-4-6-10-28-16-18-34-22-20-30-12-8-14-32-24-26-36(28)40(34)38(30)32/h1-2,7-8,11-26H,3-6,9-10H2/b2-1-. The molecular formula is C40H32. The minimum Gasteiger partial charge on any atom is -0.0885 e. The first-order valence-corrected chi connectivity index (χ1v) is 14.8. The van der Waals surface area contributed by atoms with Gasteiger partial charge in [0.15, 0.2) is 0 Å². The molecule has 0 radical (unpaired) electrons. The second kappa shape index (κ2) is 9.65. The van der Waals surface area contributed by atoms with E-state index in [-0.39, 0.29) is 0 Å². The molecule has 8 aromatic carbocycles. The Morgan fingerprint density at radius 2 is 0.700 bits per heavy atom. The third-order valence-corrected chi connectivity index (χ3v) is 9.04. The van der Waals surface area contributed by atoms with Gasteiger partial charge in [-0.2, -0.15) is 0 Å². The predicted octanol–water partition coefficient (Wildman–Crippen LogP) is 11.4. The zero-order valence-electron chi connectivity index (χ0n) is 22.8. The maximum Gasteiger partial charge on any atom is -0.00240 e. The fourth-order valence-corrected chi connectivity index (χ4v) is 7.08. The lowest BCUT2D eigenvalue weighted by Gasteiger charge is -2.13. The van der Waals surface area contributed by atoms with Gasteiger partial charge in [0.05, 0.1) is 0 Å². The molecular weight excluding hydrogens is 480 g/mol. The van der Waals surface area contributed by atoms with Crippen LogP contribution < -0.4 is 0 Å². The van der Waals surface area contributed by atoms with Crippen molar-refractivity contribution in [2.45, 2.75) is 38.5 Å². The van der Waals surface area contributed by atoms with Crippen LogP contribution in [0.2, 0.25) is 0 Å². The van der Waals surface area contributed by atoms with E-state index < -0.39 is 0 Å². The van der Waals surface area contributed by atoms with Crippen LogP contribution in [-0.2, 0) is 12.8 Å². The van der Waals surface area contributed by atoms with E-state index in [9.17, 15) is 0 Å². The van der Waals surface area contributed by atoms with Gasteiger partial charge in [0.25, 0.3) is 0 Å². The normalized spacial score (nSPS) is 12.5. The molecule has 0 spiro atoms. The minimum atomic E-state index is 1.13. The summed E-state index contributed by atoms with van der Waals surface area (Å²) in [5, 5.41) is 16.7. The van der Waals surface area contributed by atoms with Gasteiger partial charge in [0, 0.05) is 0 Å². The van der Waals surface area contributed by atoms with Crippen LogP contribution >= 0.6 is 0 Å². The summed E-state index contributed by atoms with van der Waals surface area (Å²) in [6, 6.07) is 41.0. The SMILES string of the molecule is C(=C/CCCc1ccc2ccc3cccc4ccc1c2c34)/CCCc1ccc2ccc3cccc4ccc1c2c34. The molecule has 0 nitrogen and oxygen atoms in total. The first kappa shape index (κ1) is 23.5. The Labute approximate surface area is 235 Å². The number of benzene rings is 8. The van der Waals surface area contributed by atoms with Gasteiger partial charge in [0.2, 0.25) is 0 Å². The molecule has 0 aliphatic heterocycles. The fourth-order valence-electron chi connectivity index (χ4n) is 7.08. The van der Waals surface area contributed by atoms with E-state index in [4.69, 9.17) is 0 Å². The van der Waals surface area contributed by atoms with Gasteiger partial charge in [-0.3, -0.25) is 0 Å². The molecule has 0 heterocycles. The predicted molar refractivity (Wildman–Crippen MR) is 175 cm³/mol. The van der Waals surface area contributed by atoms with Gasteiger partial charge in [-0.15, -0.1) is 0 Å². The summed E-state index contributed by atoms with van der Waals surface area (Å²) in [5.74, 6) is 0. The molecule has 0 bridgehead atoms. The van der Waals surface area contributed by atoms with Crippen LogP contribution in [0.1, 0.15) is 36.8 Å². The highest BCUT2D eigenvalue weighted by Gasteiger charge is 2.11. The lowest BCUT2D eigenvalue weighted by atomic mass is 9.90. The molecule has 0 unspecified atom stereocenters. The van der Waals surface area contributed by atoms with Crippen LogP contribution in [0.3, 0.4) is 0 Å². The highest BCUT2D eigenvalue weighted by molar-refractivity contribution is 6.24. The van der Waals surface area contributed by atoms with Crippen LogP contribution in [0, 0.1) is 0 Å². The molecule has 0 atom stereocenters. The molecule has 0 amide bonds. The molecule has 0 saturated carbocycles. The van der Waals surface area contributed by atoms with E-state index in [1.165, 1.54) is 88.6 Å². The first-order chi connectivity index (χ1) is 19.8. The first-order valence-electron chi connectivity index (χ1n) is 14.8. The van der Waals surface area contributed by atoms with Gasteiger partial charge in [0.1, 0.15) is 0 Å². The van der Waals surface area contributed by atoms with Crippen LogP contribution in [0.4, 0.5) is 0 Å². The molecule has 0 saturated heterocycles.